The summed E-state index contributed by atoms with van der Waals surface area (Å²) in [4.78, 5) is 2.09. The number of piperidine rings is 1. The molecule has 0 spiro atoms. The summed E-state index contributed by atoms with van der Waals surface area (Å²) in [6.07, 6.45) is 1.49. The fraction of sp³-hybridized carbons (Fsp3) is 0.250. The molecule has 0 saturated carbocycles. The molecule has 1 N–H and O–H groups in total. The Bertz CT molecular complexity index is 840. The Morgan fingerprint density at radius 1 is 1.04 bits per heavy atom. The van der Waals surface area contributed by atoms with Crippen molar-refractivity contribution in [1.82, 2.24) is 4.90 Å². The smallest absolute Gasteiger partial charge is 0.173 e. The number of hydrogen-bond acceptors (Lipinski definition) is 3. The van der Waals surface area contributed by atoms with Gasteiger partial charge in [-0.05, 0) is 48.8 Å². The van der Waals surface area contributed by atoms with E-state index in [4.69, 9.17) is 17.5 Å². The number of nitrogens with zero attached hydrogens (tertiary/aromatic N) is 3. The Morgan fingerprint density at radius 2 is 1.76 bits per heavy atom. The van der Waals surface area contributed by atoms with Crippen molar-refractivity contribution in [2.75, 3.05) is 18.4 Å². The third kappa shape index (κ3) is 3.63. The molecule has 124 valence electrons. The lowest BCUT2D eigenvalue weighted by Crippen LogP contribution is -2.46. The van der Waals surface area contributed by atoms with Crippen LogP contribution in [0.1, 0.15) is 24.0 Å². The Kier molecular flexibility index (Phi) is 4.97. The molecular weight excluding hydrogens is 328 g/mol. The first-order valence-electron chi connectivity index (χ1n) is 8.20. The minimum atomic E-state index is -0.436. The molecule has 5 heteroatoms. The minimum absolute atomic E-state index is 0.436. The zero-order chi connectivity index (χ0) is 17.7. The predicted octanol–water partition coefficient (Wildman–Crippen LogP) is 3.81. The quantitative estimate of drug-likeness (QED) is 0.838. The number of thiocarbonyl (C=S) groups is 1. The van der Waals surface area contributed by atoms with Crippen LogP contribution in [0.3, 0.4) is 0 Å². The normalized spacial score (nSPS) is 15.7. The van der Waals surface area contributed by atoms with Crippen LogP contribution in [-0.4, -0.2) is 23.1 Å². The second-order valence-corrected chi connectivity index (χ2v) is 6.56. The van der Waals surface area contributed by atoms with E-state index in [-0.39, 0.29) is 0 Å². The van der Waals surface area contributed by atoms with Crippen LogP contribution in [0, 0.1) is 22.7 Å². The number of hydrogen-bond donors (Lipinski definition) is 1. The van der Waals surface area contributed by atoms with Crippen molar-refractivity contribution in [2.24, 2.45) is 0 Å². The van der Waals surface area contributed by atoms with Crippen molar-refractivity contribution in [2.45, 2.75) is 18.3 Å². The number of benzene rings is 2. The number of nitrogens with one attached hydrogen (secondary N) is 1. The SMILES string of the molecule is N#Cc1cccc(NC(=S)N2CCC(C#N)(c3ccccc3)CC2)c1. The van der Waals surface area contributed by atoms with Gasteiger partial charge in [-0.25, -0.2) is 0 Å². The van der Waals surface area contributed by atoms with Crippen LogP contribution in [-0.2, 0) is 5.41 Å². The van der Waals surface area contributed by atoms with Gasteiger partial charge in [-0.2, -0.15) is 10.5 Å². The fourth-order valence-electron chi connectivity index (χ4n) is 3.18. The van der Waals surface area contributed by atoms with Crippen LogP contribution < -0.4 is 5.32 Å². The van der Waals surface area contributed by atoms with Crippen LogP contribution in [0.2, 0.25) is 0 Å². The molecule has 0 aliphatic carbocycles. The molecule has 1 aliphatic rings. The van der Waals surface area contributed by atoms with E-state index in [9.17, 15) is 5.26 Å². The summed E-state index contributed by atoms with van der Waals surface area (Å²) in [6.45, 7) is 1.46. The first kappa shape index (κ1) is 17.0. The van der Waals surface area contributed by atoms with E-state index in [1.54, 1.807) is 12.1 Å². The van der Waals surface area contributed by atoms with Crippen molar-refractivity contribution in [3.63, 3.8) is 0 Å². The van der Waals surface area contributed by atoms with Crippen molar-refractivity contribution in [3.8, 4) is 12.1 Å². The third-order valence-corrected chi connectivity index (χ3v) is 5.05. The molecule has 0 radical (unpaired) electrons. The summed E-state index contributed by atoms with van der Waals surface area (Å²) in [5.74, 6) is 0. The van der Waals surface area contributed by atoms with E-state index in [1.165, 1.54) is 0 Å². The summed E-state index contributed by atoms with van der Waals surface area (Å²) in [6, 6.07) is 21.9. The zero-order valence-electron chi connectivity index (χ0n) is 13.8. The Labute approximate surface area is 153 Å². The van der Waals surface area contributed by atoms with Crippen molar-refractivity contribution in [3.05, 3.63) is 65.7 Å². The Morgan fingerprint density at radius 3 is 2.40 bits per heavy atom. The number of likely N-dealkylation sites (tertiary alicyclic amines) is 1. The van der Waals surface area contributed by atoms with Crippen LogP contribution in [0.15, 0.2) is 54.6 Å². The van der Waals surface area contributed by atoms with Gasteiger partial charge in [0.05, 0.1) is 23.1 Å². The maximum absolute atomic E-state index is 9.77. The largest absolute Gasteiger partial charge is 0.349 e. The van der Waals surface area contributed by atoms with Gasteiger partial charge in [0.15, 0.2) is 5.11 Å². The average molecular weight is 346 g/mol. The second-order valence-electron chi connectivity index (χ2n) is 6.17. The zero-order valence-corrected chi connectivity index (χ0v) is 14.6. The van der Waals surface area contributed by atoms with Gasteiger partial charge in [0.1, 0.15) is 0 Å². The summed E-state index contributed by atoms with van der Waals surface area (Å²) in [5, 5.41) is 22.6. The second kappa shape index (κ2) is 7.34. The number of nitriles is 2. The van der Waals surface area contributed by atoms with E-state index < -0.39 is 5.41 Å². The molecule has 1 fully saturated rings. The molecular formula is C20H18N4S. The first-order chi connectivity index (χ1) is 12.2. The third-order valence-electron chi connectivity index (χ3n) is 4.69. The van der Waals surface area contributed by atoms with Crippen LogP contribution in [0.5, 0.6) is 0 Å². The van der Waals surface area contributed by atoms with Gasteiger partial charge in [-0.1, -0.05) is 36.4 Å². The van der Waals surface area contributed by atoms with Crippen LogP contribution in [0.25, 0.3) is 0 Å². The van der Waals surface area contributed by atoms with Gasteiger partial charge in [-0.15, -0.1) is 0 Å². The first-order valence-corrected chi connectivity index (χ1v) is 8.60. The van der Waals surface area contributed by atoms with E-state index in [1.807, 2.05) is 42.5 Å². The highest BCUT2D eigenvalue weighted by Gasteiger charge is 2.36. The van der Waals surface area contributed by atoms with Gasteiger partial charge in [0.2, 0.25) is 0 Å². The lowest BCUT2D eigenvalue weighted by molar-refractivity contribution is 0.272. The highest BCUT2D eigenvalue weighted by Crippen LogP contribution is 2.35. The molecule has 2 aromatic rings. The molecule has 4 nitrogen and oxygen atoms in total. The van der Waals surface area contributed by atoms with Gasteiger partial charge in [0.25, 0.3) is 0 Å². The molecule has 0 unspecified atom stereocenters. The number of rotatable bonds is 2. The lowest BCUT2D eigenvalue weighted by atomic mass is 9.74. The lowest BCUT2D eigenvalue weighted by Gasteiger charge is -2.38. The average Bonchev–Trinajstić information content (AvgIpc) is 2.69. The van der Waals surface area contributed by atoms with Crippen LogP contribution in [0.4, 0.5) is 5.69 Å². The number of anilines is 1. The maximum Gasteiger partial charge on any atom is 0.173 e. The maximum atomic E-state index is 9.77. The van der Waals surface area contributed by atoms with Crippen molar-refractivity contribution < 1.29 is 0 Å². The highest BCUT2D eigenvalue weighted by atomic mass is 32.1. The van der Waals surface area contributed by atoms with Crippen molar-refractivity contribution in [1.29, 1.82) is 10.5 Å². The van der Waals surface area contributed by atoms with E-state index in [0.29, 0.717) is 10.7 Å². The molecule has 2 aromatic carbocycles. The molecule has 25 heavy (non-hydrogen) atoms. The summed E-state index contributed by atoms with van der Waals surface area (Å²) < 4.78 is 0. The molecule has 0 atom stereocenters. The van der Waals surface area contributed by atoms with E-state index >= 15 is 0 Å². The Hall–Kier alpha value is -2.89. The molecule has 0 bridgehead atoms. The Balaban J connectivity index is 1.66. The fourth-order valence-corrected chi connectivity index (χ4v) is 3.48. The monoisotopic (exact) mass is 346 g/mol. The molecule has 0 aromatic heterocycles. The van der Waals surface area contributed by atoms with Crippen molar-refractivity contribution >= 4 is 23.0 Å². The minimum Gasteiger partial charge on any atom is -0.349 e. The topological polar surface area (TPSA) is 62.9 Å². The van der Waals surface area contributed by atoms with Crippen LogP contribution >= 0.6 is 12.2 Å². The standard InChI is InChI=1S/C20H18N4S/c21-14-16-5-4-8-18(13-16)23-19(25)24-11-9-20(15-22,10-12-24)17-6-2-1-3-7-17/h1-8,13H,9-12H2,(H,23,25). The van der Waals surface area contributed by atoms with Gasteiger partial charge in [0, 0.05) is 18.8 Å². The summed E-state index contributed by atoms with van der Waals surface area (Å²) in [5.41, 5.74) is 2.05. The highest BCUT2D eigenvalue weighted by molar-refractivity contribution is 7.80. The molecule has 3 rings (SSSR count). The summed E-state index contributed by atoms with van der Waals surface area (Å²) >= 11 is 5.51. The summed E-state index contributed by atoms with van der Waals surface area (Å²) in [7, 11) is 0. The van der Waals surface area contributed by atoms with Gasteiger partial charge < -0.3 is 10.2 Å². The predicted molar refractivity (Wildman–Crippen MR) is 102 cm³/mol. The molecule has 1 heterocycles. The molecule has 1 aliphatic heterocycles. The van der Waals surface area contributed by atoms with E-state index in [0.717, 1.165) is 37.2 Å². The molecule has 0 amide bonds. The van der Waals surface area contributed by atoms with Gasteiger partial charge >= 0.3 is 0 Å². The van der Waals surface area contributed by atoms with Gasteiger partial charge in [-0.3, -0.25) is 0 Å². The van der Waals surface area contributed by atoms with E-state index in [2.05, 4.69) is 22.4 Å². The molecule has 1 saturated heterocycles.